The maximum absolute atomic E-state index is 13.7. The van der Waals surface area contributed by atoms with Crippen molar-refractivity contribution in [1.29, 1.82) is 0 Å². The third-order valence-corrected chi connectivity index (χ3v) is 3.90. The smallest absolute Gasteiger partial charge is 0.304 e. The number of benzene rings is 1. The van der Waals surface area contributed by atoms with Gasteiger partial charge in [0.15, 0.2) is 0 Å². The Bertz CT molecular complexity index is 456. The molecule has 0 bridgehead atoms. The van der Waals surface area contributed by atoms with Crippen LogP contribution in [0.3, 0.4) is 0 Å². The fraction of sp³-hybridized carbons (Fsp3) is 0.500. The maximum atomic E-state index is 13.7. The van der Waals surface area contributed by atoms with E-state index in [2.05, 4.69) is 9.80 Å². The Hall–Kier alpha value is -1.17. The van der Waals surface area contributed by atoms with E-state index >= 15 is 0 Å². The summed E-state index contributed by atoms with van der Waals surface area (Å²) in [7, 11) is 0. The lowest BCUT2D eigenvalue weighted by atomic mass is 10.2. The quantitative estimate of drug-likeness (QED) is 0.904. The Balaban J connectivity index is 1.84. The van der Waals surface area contributed by atoms with E-state index in [1.54, 1.807) is 12.1 Å². The number of nitrogens with zero attached hydrogens (tertiary/aromatic N) is 2. The van der Waals surface area contributed by atoms with Crippen LogP contribution in [0.5, 0.6) is 0 Å². The molecule has 0 amide bonds. The van der Waals surface area contributed by atoms with Crippen LogP contribution in [0, 0.1) is 5.82 Å². The second-order valence-electron chi connectivity index (χ2n) is 4.96. The van der Waals surface area contributed by atoms with E-state index in [0.717, 1.165) is 26.2 Å². The Morgan fingerprint density at radius 2 is 1.90 bits per heavy atom. The summed E-state index contributed by atoms with van der Waals surface area (Å²) in [4.78, 5) is 14.8. The normalized spacial score (nSPS) is 17.3. The number of halogens is 2. The number of aliphatic carboxylic acids is 1. The number of rotatable bonds is 5. The molecule has 1 heterocycles. The molecule has 0 saturated carbocycles. The van der Waals surface area contributed by atoms with Gasteiger partial charge < -0.3 is 10.0 Å². The highest BCUT2D eigenvalue weighted by Gasteiger charge is 2.19. The summed E-state index contributed by atoms with van der Waals surface area (Å²) < 4.78 is 13.7. The van der Waals surface area contributed by atoms with Crippen molar-refractivity contribution in [3.63, 3.8) is 0 Å². The minimum absolute atomic E-state index is 0.166. The molecule has 4 nitrogen and oxygen atoms in total. The monoisotopic (exact) mass is 300 g/mol. The van der Waals surface area contributed by atoms with Gasteiger partial charge in [0.2, 0.25) is 0 Å². The van der Waals surface area contributed by atoms with E-state index in [4.69, 9.17) is 16.7 Å². The maximum Gasteiger partial charge on any atom is 0.304 e. The van der Waals surface area contributed by atoms with Crippen molar-refractivity contribution in [3.8, 4) is 0 Å². The first-order valence-corrected chi connectivity index (χ1v) is 7.03. The van der Waals surface area contributed by atoms with Crippen LogP contribution in [0.15, 0.2) is 18.2 Å². The fourth-order valence-corrected chi connectivity index (χ4v) is 2.55. The van der Waals surface area contributed by atoms with Gasteiger partial charge in [0.05, 0.1) is 6.42 Å². The predicted octanol–water partition coefficient (Wildman–Crippen LogP) is 2.07. The molecule has 2 rings (SSSR count). The third-order valence-electron chi connectivity index (χ3n) is 3.55. The average Bonchev–Trinajstić information content (AvgIpc) is 2.42. The van der Waals surface area contributed by atoms with Crippen LogP contribution in [0.4, 0.5) is 4.39 Å². The molecule has 1 N–H and O–H groups in total. The molecule has 1 aromatic rings. The van der Waals surface area contributed by atoms with E-state index < -0.39 is 5.97 Å². The number of piperazine rings is 1. The summed E-state index contributed by atoms with van der Waals surface area (Å²) in [5.41, 5.74) is 0.535. The molecular formula is C14H18ClFN2O2. The zero-order chi connectivity index (χ0) is 14.5. The van der Waals surface area contributed by atoms with E-state index in [9.17, 15) is 9.18 Å². The lowest BCUT2D eigenvalue weighted by Gasteiger charge is -2.34. The second-order valence-corrected chi connectivity index (χ2v) is 5.37. The zero-order valence-corrected chi connectivity index (χ0v) is 11.9. The largest absolute Gasteiger partial charge is 0.481 e. The molecule has 6 heteroatoms. The van der Waals surface area contributed by atoms with Gasteiger partial charge in [-0.3, -0.25) is 9.69 Å². The van der Waals surface area contributed by atoms with Gasteiger partial charge >= 0.3 is 5.97 Å². The molecule has 1 fully saturated rings. The molecule has 1 aromatic carbocycles. The summed E-state index contributed by atoms with van der Waals surface area (Å²) in [6, 6.07) is 4.72. The van der Waals surface area contributed by atoms with Crippen molar-refractivity contribution < 1.29 is 14.3 Å². The molecule has 1 aliphatic rings. The lowest BCUT2D eigenvalue weighted by molar-refractivity contribution is -0.137. The first-order chi connectivity index (χ1) is 9.56. The van der Waals surface area contributed by atoms with Gasteiger partial charge in [0, 0.05) is 49.9 Å². The molecule has 0 radical (unpaired) electrons. The minimum atomic E-state index is -0.773. The highest BCUT2D eigenvalue weighted by atomic mass is 35.5. The van der Waals surface area contributed by atoms with Gasteiger partial charge in [0.1, 0.15) is 5.82 Å². The molecule has 0 unspecified atom stereocenters. The van der Waals surface area contributed by atoms with Crippen molar-refractivity contribution in [3.05, 3.63) is 34.6 Å². The highest BCUT2D eigenvalue weighted by Crippen LogP contribution is 2.21. The van der Waals surface area contributed by atoms with Crippen LogP contribution in [0.1, 0.15) is 12.0 Å². The first kappa shape index (κ1) is 15.2. The number of hydrogen-bond donors (Lipinski definition) is 1. The molecule has 0 spiro atoms. The molecule has 1 aliphatic heterocycles. The van der Waals surface area contributed by atoms with E-state index in [1.165, 1.54) is 6.07 Å². The Morgan fingerprint density at radius 1 is 1.25 bits per heavy atom. The van der Waals surface area contributed by atoms with Crippen molar-refractivity contribution in [2.24, 2.45) is 0 Å². The average molecular weight is 301 g/mol. The van der Waals surface area contributed by atoms with Gasteiger partial charge in [-0.2, -0.15) is 0 Å². The molecular weight excluding hydrogens is 283 g/mol. The standard InChI is InChI=1S/C14H18ClFN2O2/c15-12-2-1-3-13(16)11(12)10-18-8-6-17(7-9-18)5-4-14(19)20/h1-3H,4-10H2,(H,19,20). The van der Waals surface area contributed by atoms with Gasteiger partial charge in [-0.15, -0.1) is 0 Å². The van der Waals surface area contributed by atoms with E-state index in [1.807, 2.05) is 0 Å². The Labute approximate surface area is 122 Å². The van der Waals surface area contributed by atoms with Crippen LogP contribution in [0.2, 0.25) is 5.02 Å². The minimum Gasteiger partial charge on any atom is -0.481 e. The number of carboxylic acids is 1. The predicted molar refractivity (Wildman–Crippen MR) is 75.4 cm³/mol. The Morgan fingerprint density at radius 3 is 2.50 bits per heavy atom. The molecule has 0 aliphatic carbocycles. The number of carbonyl (C=O) groups is 1. The fourth-order valence-electron chi connectivity index (χ4n) is 2.33. The van der Waals surface area contributed by atoms with Gasteiger partial charge in [-0.25, -0.2) is 4.39 Å². The summed E-state index contributed by atoms with van der Waals surface area (Å²) >= 11 is 6.02. The topological polar surface area (TPSA) is 43.8 Å². The van der Waals surface area contributed by atoms with Crippen LogP contribution in [-0.2, 0) is 11.3 Å². The van der Waals surface area contributed by atoms with Crippen molar-refractivity contribution in [1.82, 2.24) is 9.80 Å². The highest BCUT2D eigenvalue weighted by molar-refractivity contribution is 6.31. The lowest BCUT2D eigenvalue weighted by Crippen LogP contribution is -2.46. The van der Waals surface area contributed by atoms with E-state index in [0.29, 0.717) is 23.7 Å². The summed E-state index contributed by atoms with van der Waals surface area (Å²) in [5, 5.41) is 9.12. The van der Waals surface area contributed by atoms with Gasteiger partial charge in [-0.1, -0.05) is 17.7 Å². The van der Waals surface area contributed by atoms with E-state index in [-0.39, 0.29) is 12.2 Å². The molecule has 110 valence electrons. The van der Waals surface area contributed by atoms with Crippen molar-refractivity contribution in [2.75, 3.05) is 32.7 Å². The molecule has 0 atom stereocenters. The van der Waals surface area contributed by atoms with Gasteiger partial charge in [0.25, 0.3) is 0 Å². The van der Waals surface area contributed by atoms with Crippen LogP contribution in [-0.4, -0.2) is 53.6 Å². The van der Waals surface area contributed by atoms with Crippen molar-refractivity contribution in [2.45, 2.75) is 13.0 Å². The first-order valence-electron chi connectivity index (χ1n) is 6.65. The molecule has 1 saturated heterocycles. The number of hydrogen-bond acceptors (Lipinski definition) is 3. The Kier molecular flexibility index (Phi) is 5.34. The second kappa shape index (κ2) is 7.02. The van der Waals surface area contributed by atoms with Crippen LogP contribution >= 0.6 is 11.6 Å². The third kappa shape index (κ3) is 4.16. The number of carboxylic acid groups (broad SMARTS) is 1. The molecule has 0 aromatic heterocycles. The SMILES string of the molecule is O=C(O)CCN1CCN(Cc2c(F)cccc2Cl)CC1. The summed E-state index contributed by atoms with van der Waals surface area (Å²) in [6.07, 6.45) is 0.166. The summed E-state index contributed by atoms with van der Waals surface area (Å²) in [6.45, 7) is 4.27. The molecule has 20 heavy (non-hydrogen) atoms. The van der Waals surface area contributed by atoms with Crippen LogP contribution < -0.4 is 0 Å². The summed E-state index contributed by atoms with van der Waals surface area (Å²) in [5.74, 6) is -1.05. The van der Waals surface area contributed by atoms with Crippen molar-refractivity contribution >= 4 is 17.6 Å². The zero-order valence-electron chi connectivity index (χ0n) is 11.2. The van der Waals surface area contributed by atoms with Gasteiger partial charge in [-0.05, 0) is 12.1 Å². The van der Waals surface area contributed by atoms with Crippen LogP contribution in [0.25, 0.3) is 0 Å².